The first-order valence-electron chi connectivity index (χ1n) is 8.07. The molecule has 1 atom stereocenters. The summed E-state index contributed by atoms with van der Waals surface area (Å²) in [5, 5.41) is 3.04. The zero-order chi connectivity index (χ0) is 15.2. The molecule has 1 aromatic carbocycles. The van der Waals surface area contributed by atoms with Gasteiger partial charge in [0.1, 0.15) is 5.75 Å². The van der Waals surface area contributed by atoms with Crippen LogP contribution in [0.5, 0.6) is 5.75 Å². The maximum atomic E-state index is 12.1. The Morgan fingerprint density at radius 1 is 1.43 bits per heavy atom. The summed E-state index contributed by atoms with van der Waals surface area (Å²) in [4.78, 5) is 12.1. The highest BCUT2D eigenvalue weighted by Crippen LogP contribution is 2.45. The second kappa shape index (κ2) is 7.48. The van der Waals surface area contributed by atoms with Crippen LogP contribution in [0.25, 0.3) is 0 Å². The number of amides is 1. The van der Waals surface area contributed by atoms with E-state index >= 15 is 0 Å². The minimum atomic E-state index is 0.189. The van der Waals surface area contributed by atoms with Gasteiger partial charge in [-0.05, 0) is 55.2 Å². The fraction of sp³-hybridized carbons (Fsp3) is 0.611. The van der Waals surface area contributed by atoms with E-state index < -0.39 is 0 Å². The molecule has 0 aliphatic heterocycles. The van der Waals surface area contributed by atoms with Crippen LogP contribution in [0.4, 0.5) is 0 Å². The summed E-state index contributed by atoms with van der Waals surface area (Å²) in [6.07, 6.45) is 5.28. The van der Waals surface area contributed by atoms with E-state index in [0.29, 0.717) is 18.3 Å². The van der Waals surface area contributed by atoms with E-state index in [9.17, 15) is 4.79 Å². The molecule has 3 nitrogen and oxygen atoms in total. The van der Waals surface area contributed by atoms with Crippen LogP contribution in [0.1, 0.15) is 56.1 Å². The standard InChI is InChI=1S/C18H27NO2/c1-4-5-10-19-18(20)12-16(14-6-7-14)15-8-9-17(21-3)13(2)11-15/h8-9,11,14,16H,4-7,10,12H2,1-3H3,(H,19,20). The Bertz CT molecular complexity index is 480. The summed E-state index contributed by atoms with van der Waals surface area (Å²) in [7, 11) is 1.70. The Kier molecular flexibility index (Phi) is 5.66. The van der Waals surface area contributed by atoms with Crippen molar-refractivity contribution in [2.75, 3.05) is 13.7 Å². The minimum absolute atomic E-state index is 0.189. The third-order valence-electron chi connectivity index (χ3n) is 4.30. The lowest BCUT2D eigenvalue weighted by atomic mass is 9.89. The summed E-state index contributed by atoms with van der Waals surface area (Å²) in [6.45, 7) is 5.00. The van der Waals surface area contributed by atoms with Gasteiger partial charge in [0, 0.05) is 13.0 Å². The van der Waals surface area contributed by atoms with Crippen molar-refractivity contribution in [3.8, 4) is 5.75 Å². The third-order valence-corrected chi connectivity index (χ3v) is 4.30. The molecule has 1 aliphatic rings. The molecular weight excluding hydrogens is 262 g/mol. The number of hydrogen-bond donors (Lipinski definition) is 1. The number of benzene rings is 1. The molecule has 1 unspecified atom stereocenters. The molecule has 0 spiro atoms. The zero-order valence-electron chi connectivity index (χ0n) is 13.4. The molecule has 1 aliphatic carbocycles. The smallest absolute Gasteiger partial charge is 0.220 e. The second-order valence-electron chi connectivity index (χ2n) is 6.08. The maximum absolute atomic E-state index is 12.1. The number of unbranched alkanes of at least 4 members (excludes halogenated alkanes) is 1. The van der Waals surface area contributed by atoms with Crippen molar-refractivity contribution in [3.05, 3.63) is 29.3 Å². The van der Waals surface area contributed by atoms with Crippen LogP contribution in [-0.2, 0) is 4.79 Å². The third kappa shape index (κ3) is 4.48. The van der Waals surface area contributed by atoms with Gasteiger partial charge in [0.2, 0.25) is 5.91 Å². The van der Waals surface area contributed by atoms with Crippen molar-refractivity contribution in [1.29, 1.82) is 0 Å². The van der Waals surface area contributed by atoms with Crippen LogP contribution in [0.2, 0.25) is 0 Å². The highest BCUT2D eigenvalue weighted by Gasteiger charge is 2.33. The number of methoxy groups -OCH3 is 1. The molecule has 0 bridgehead atoms. The number of nitrogens with one attached hydrogen (secondary N) is 1. The lowest BCUT2D eigenvalue weighted by Crippen LogP contribution is -2.26. The molecule has 3 heteroatoms. The SMILES string of the molecule is CCCCNC(=O)CC(c1ccc(OC)c(C)c1)C1CC1. The van der Waals surface area contributed by atoms with Gasteiger partial charge in [-0.2, -0.15) is 0 Å². The van der Waals surface area contributed by atoms with Crippen LogP contribution >= 0.6 is 0 Å². The summed E-state index contributed by atoms with van der Waals surface area (Å²) in [5.74, 6) is 2.14. The highest BCUT2D eigenvalue weighted by molar-refractivity contribution is 5.77. The largest absolute Gasteiger partial charge is 0.496 e. The number of rotatable bonds is 8. The van der Waals surface area contributed by atoms with Crippen LogP contribution in [0.3, 0.4) is 0 Å². The lowest BCUT2D eigenvalue weighted by molar-refractivity contribution is -0.121. The number of hydrogen-bond acceptors (Lipinski definition) is 2. The number of carbonyl (C=O) groups excluding carboxylic acids is 1. The van der Waals surface area contributed by atoms with E-state index in [-0.39, 0.29) is 5.91 Å². The first kappa shape index (κ1) is 15.9. The summed E-state index contributed by atoms with van der Waals surface area (Å²) < 4.78 is 5.32. The van der Waals surface area contributed by atoms with Gasteiger partial charge in [-0.3, -0.25) is 4.79 Å². The van der Waals surface area contributed by atoms with Gasteiger partial charge in [0.05, 0.1) is 7.11 Å². The van der Waals surface area contributed by atoms with Crippen LogP contribution in [0.15, 0.2) is 18.2 Å². The maximum Gasteiger partial charge on any atom is 0.220 e. The molecule has 1 aromatic rings. The van der Waals surface area contributed by atoms with E-state index in [1.54, 1.807) is 7.11 Å². The fourth-order valence-electron chi connectivity index (χ4n) is 2.86. The van der Waals surface area contributed by atoms with Crippen LogP contribution in [0, 0.1) is 12.8 Å². The van der Waals surface area contributed by atoms with Crippen LogP contribution < -0.4 is 10.1 Å². The molecule has 1 saturated carbocycles. The Hall–Kier alpha value is -1.51. The number of carbonyl (C=O) groups is 1. The molecule has 2 rings (SSSR count). The molecular formula is C18H27NO2. The van der Waals surface area contributed by atoms with Gasteiger partial charge in [0.25, 0.3) is 0 Å². The predicted molar refractivity (Wildman–Crippen MR) is 85.7 cm³/mol. The summed E-state index contributed by atoms with van der Waals surface area (Å²) in [5.41, 5.74) is 2.42. The highest BCUT2D eigenvalue weighted by atomic mass is 16.5. The Morgan fingerprint density at radius 2 is 2.19 bits per heavy atom. The zero-order valence-corrected chi connectivity index (χ0v) is 13.4. The minimum Gasteiger partial charge on any atom is -0.496 e. The van der Waals surface area contributed by atoms with Gasteiger partial charge < -0.3 is 10.1 Å². The predicted octanol–water partition coefficient (Wildman–Crippen LogP) is 3.80. The first-order valence-corrected chi connectivity index (χ1v) is 8.07. The summed E-state index contributed by atoms with van der Waals surface area (Å²) in [6, 6.07) is 6.32. The quantitative estimate of drug-likeness (QED) is 0.739. The van der Waals surface area contributed by atoms with Crippen molar-refractivity contribution in [2.45, 2.75) is 51.9 Å². The molecule has 116 valence electrons. The molecule has 0 aromatic heterocycles. The van der Waals surface area contributed by atoms with Crippen molar-refractivity contribution >= 4 is 5.91 Å². The van der Waals surface area contributed by atoms with Gasteiger partial charge in [0.15, 0.2) is 0 Å². The Morgan fingerprint density at radius 3 is 2.76 bits per heavy atom. The average Bonchev–Trinajstić information content (AvgIpc) is 3.29. The van der Waals surface area contributed by atoms with Crippen molar-refractivity contribution < 1.29 is 9.53 Å². The molecule has 1 N–H and O–H groups in total. The first-order chi connectivity index (χ1) is 10.2. The van der Waals surface area contributed by atoms with Crippen molar-refractivity contribution in [3.63, 3.8) is 0 Å². The van der Waals surface area contributed by atoms with E-state index in [0.717, 1.165) is 30.7 Å². The monoisotopic (exact) mass is 289 g/mol. The summed E-state index contributed by atoms with van der Waals surface area (Å²) >= 11 is 0. The number of aryl methyl sites for hydroxylation is 1. The molecule has 1 amide bonds. The molecule has 21 heavy (non-hydrogen) atoms. The fourth-order valence-corrected chi connectivity index (χ4v) is 2.86. The Balaban J connectivity index is 2.02. The van der Waals surface area contributed by atoms with Crippen molar-refractivity contribution in [1.82, 2.24) is 5.32 Å². The van der Waals surface area contributed by atoms with E-state index in [1.165, 1.54) is 18.4 Å². The van der Waals surface area contributed by atoms with Crippen molar-refractivity contribution in [2.24, 2.45) is 5.92 Å². The molecule has 1 fully saturated rings. The second-order valence-corrected chi connectivity index (χ2v) is 6.08. The Labute approximate surface area is 128 Å². The average molecular weight is 289 g/mol. The van der Waals surface area contributed by atoms with Gasteiger partial charge >= 0.3 is 0 Å². The van der Waals surface area contributed by atoms with E-state index in [4.69, 9.17) is 4.74 Å². The van der Waals surface area contributed by atoms with E-state index in [1.807, 2.05) is 6.07 Å². The molecule has 0 radical (unpaired) electrons. The lowest BCUT2D eigenvalue weighted by Gasteiger charge is -2.18. The van der Waals surface area contributed by atoms with Gasteiger partial charge in [-0.15, -0.1) is 0 Å². The van der Waals surface area contributed by atoms with Gasteiger partial charge in [-0.1, -0.05) is 25.5 Å². The molecule has 0 saturated heterocycles. The topological polar surface area (TPSA) is 38.3 Å². The van der Waals surface area contributed by atoms with Gasteiger partial charge in [-0.25, -0.2) is 0 Å². The molecule has 0 heterocycles. The van der Waals surface area contributed by atoms with E-state index in [2.05, 4.69) is 31.3 Å². The van der Waals surface area contributed by atoms with Crippen LogP contribution in [-0.4, -0.2) is 19.6 Å². The number of ether oxygens (including phenoxy) is 1. The normalized spacial score (nSPS) is 15.6.